The summed E-state index contributed by atoms with van der Waals surface area (Å²) < 4.78 is 5.92. The highest BCUT2D eigenvalue weighted by atomic mass is 79.9. The van der Waals surface area contributed by atoms with E-state index < -0.39 is 0 Å². The average molecular weight is 509 g/mol. The molecule has 0 spiro atoms. The molecule has 1 aliphatic rings. The van der Waals surface area contributed by atoms with E-state index in [1.165, 1.54) is 23.3 Å². The molecule has 2 N–H and O–H groups in total. The fraction of sp³-hybridized carbons (Fsp3) is 0.409. The highest BCUT2D eigenvalue weighted by Crippen LogP contribution is 2.44. The second-order valence-corrected chi connectivity index (χ2v) is 10.8. The van der Waals surface area contributed by atoms with Gasteiger partial charge >= 0.3 is 5.97 Å². The minimum atomic E-state index is -0.383. The summed E-state index contributed by atoms with van der Waals surface area (Å²) >= 11 is 10.2. The average Bonchev–Trinajstić information content (AvgIpc) is 3.03. The van der Waals surface area contributed by atoms with Crippen LogP contribution in [0.25, 0.3) is 0 Å². The Morgan fingerprint density at radius 3 is 2.50 bits per heavy atom. The molecule has 0 saturated heterocycles. The summed E-state index contributed by atoms with van der Waals surface area (Å²) in [5.41, 5.74) is 2.27. The van der Waals surface area contributed by atoms with Crippen LogP contribution in [0.1, 0.15) is 58.3 Å². The van der Waals surface area contributed by atoms with Crippen molar-refractivity contribution in [1.29, 1.82) is 0 Å². The third-order valence-corrected chi connectivity index (χ3v) is 7.34. The molecule has 5 nitrogen and oxygen atoms in total. The van der Waals surface area contributed by atoms with Crippen LogP contribution in [-0.2, 0) is 17.6 Å². The van der Waals surface area contributed by atoms with Crippen molar-refractivity contribution >= 4 is 61.5 Å². The maximum atomic E-state index is 12.5. The Morgan fingerprint density at radius 2 is 1.90 bits per heavy atom. The summed E-state index contributed by atoms with van der Waals surface area (Å²) in [6, 6.07) is 7.00. The molecule has 160 valence electrons. The van der Waals surface area contributed by atoms with Crippen molar-refractivity contribution in [2.24, 2.45) is 11.3 Å². The lowest BCUT2D eigenvalue weighted by molar-refractivity contribution is 0.0600. The van der Waals surface area contributed by atoms with Gasteiger partial charge in [0.05, 0.1) is 12.7 Å². The van der Waals surface area contributed by atoms with Gasteiger partial charge < -0.3 is 10.1 Å². The first-order valence-electron chi connectivity index (χ1n) is 9.71. The molecule has 0 fully saturated rings. The Balaban J connectivity index is 1.80. The molecule has 1 aromatic carbocycles. The second-order valence-electron chi connectivity index (χ2n) is 8.42. The summed E-state index contributed by atoms with van der Waals surface area (Å²) in [7, 11) is 1.38. The molecule has 0 aliphatic heterocycles. The third-order valence-electron chi connectivity index (χ3n) is 5.44. The predicted octanol–water partition coefficient (Wildman–Crippen LogP) is 5.58. The number of anilines is 1. The number of carbonyl (C=O) groups excluding carboxylic acids is 2. The van der Waals surface area contributed by atoms with E-state index in [4.69, 9.17) is 17.0 Å². The third kappa shape index (κ3) is 5.10. The van der Waals surface area contributed by atoms with Gasteiger partial charge in [-0.05, 0) is 72.6 Å². The second kappa shape index (κ2) is 9.16. The summed E-state index contributed by atoms with van der Waals surface area (Å²) in [6.07, 6.45) is 2.78. The van der Waals surface area contributed by atoms with Gasteiger partial charge in [-0.3, -0.25) is 10.1 Å². The number of benzene rings is 1. The number of thiocarbonyl (C=S) groups is 1. The first-order valence-corrected chi connectivity index (χ1v) is 11.7. The molecule has 1 atom stereocenters. The van der Waals surface area contributed by atoms with Crippen LogP contribution >= 0.6 is 39.5 Å². The number of thiophene rings is 1. The van der Waals surface area contributed by atoms with Crippen molar-refractivity contribution < 1.29 is 14.3 Å². The number of carbonyl (C=O) groups is 2. The molecule has 1 heterocycles. The van der Waals surface area contributed by atoms with Crippen LogP contribution in [0, 0.1) is 11.3 Å². The molecular formula is C22H25BrN2O3S2. The molecule has 3 rings (SSSR count). The number of methoxy groups -OCH3 is 1. The van der Waals surface area contributed by atoms with Crippen LogP contribution in [0.4, 0.5) is 5.00 Å². The van der Waals surface area contributed by atoms with E-state index in [0.717, 1.165) is 29.3 Å². The number of fused-ring (bicyclic) bond motifs is 1. The zero-order valence-electron chi connectivity index (χ0n) is 17.4. The number of halogens is 1. The molecule has 1 amide bonds. The Hall–Kier alpha value is -1.77. The zero-order valence-corrected chi connectivity index (χ0v) is 20.6. The monoisotopic (exact) mass is 508 g/mol. The van der Waals surface area contributed by atoms with Crippen molar-refractivity contribution in [3.63, 3.8) is 0 Å². The fourth-order valence-corrected chi connectivity index (χ4v) is 5.49. The Morgan fingerprint density at radius 1 is 1.23 bits per heavy atom. The molecule has 2 aromatic rings. The van der Waals surface area contributed by atoms with Gasteiger partial charge in [0.2, 0.25) is 0 Å². The zero-order chi connectivity index (χ0) is 22.1. The molecule has 0 bridgehead atoms. The molecule has 0 radical (unpaired) electrons. The van der Waals surface area contributed by atoms with E-state index in [0.29, 0.717) is 22.0 Å². The number of hydrogen-bond acceptors (Lipinski definition) is 5. The fourth-order valence-electron chi connectivity index (χ4n) is 3.64. The maximum Gasteiger partial charge on any atom is 0.341 e. The van der Waals surface area contributed by atoms with E-state index in [1.807, 2.05) is 0 Å². The van der Waals surface area contributed by atoms with Crippen molar-refractivity contribution in [2.45, 2.75) is 40.0 Å². The minimum Gasteiger partial charge on any atom is -0.465 e. The van der Waals surface area contributed by atoms with Gasteiger partial charge in [0.1, 0.15) is 5.00 Å². The van der Waals surface area contributed by atoms with Crippen molar-refractivity contribution in [3.05, 3.63) is 50.3 Å². The quantitative estimate of drug-likeness (QED) is 0.418. The SMILES string of the molecule is COC(=O)c1c(NC(=S)NC(=O)c2ccc(Br)cc2)sc2c1CCC(C(C)(C)C)C2. The first-order chi connectivity index (χ1) is 14.1. The summed E-state index contributed by atoms with van der Waals surface area (Å²) in [5.74, 6) is -0.147. The lowest BCUT2D eigenvalue weighted by Gasteiger charge is -2.33. The van der Waals surface area contributed by atoms with Crippen LogP contribution in [0.15, 0.2) is 28.7 Å². The van der Waals surface area contributed by atoms with Gasteiger partial charge in [0, 0.05) is 14.9 Å². The molecule has 30 heavy (non-hydrogen) atoms. The van der Waals surface area contributed by atoms with Gasteiger partial charge in [0.15, 0.2) is 5.11 Å². The summed E-state index contributed by atoms with van der Waals surface area (Å²) in [4.78, 5) is 26.1. The molecule has 1 aliphatic carbocycles. The lowest BCUT2D eigenvalue weighted by atomic mass is 9.72. The number of esters is 1. The van der Waals surface area contributed by atoms with Crippen molar-refractivity contribution in [1.82, 2.24) is 5.32 Å². The molecular weight excluding hydrogens is 484 g/mol. The molecule has 1 aromatic heterocycles. The van der Waals surface area contributed by atoms with E-state index >= 15 is 0 Å². The maximum absolute atomic E-state index is 12.5. The predicted molar refractivity (Wildman–Crippen MR) is 128 cm³/mol. The van der Waals surface area contributed by atoms with Gasteiger partial charge in [-0.15, -0.1) is 11.3 Å². The topological polar surface area (TPSA) is 67.4 Å². The number of amides is 1. The number of ether oxygens (including phenoxy) is 1. The van der Waals surface area contributed by atoms with Crippen LogP contribution in [0.3, 0.4) is 0 Å². The van der Waals surface area contributed by atoms with Gasteiger partial charge in [-0.1, -0.05) is 36.7 Å². The standard InChI is InChI=1S/C22H25BrN2O3S2/c1-22(2,3)13-7-10-15-16(11-13)30-19(17(15)20(27)28-4)25-21(29)24-18(26)12-5-8-14(23)9-6-12/h5-6,8-9,13H,7,10-11H2,1-4H3,(H2,24,25,26,29). The Kier molecular flexibility index (Phi) is 6.99. The van der Waals surface area contributed by atoms with E-state index in [1.54, 1.807) is 24.3 Å². The van der Waals surface area contributed by atoms with Crippen molar-refractivity contribution in [3.8, 4) is 0 Å². The minimum absolute atomic E-state index is 0.152. The highest BCUT2D eigenvalue weighted by molar-refractivity contribution is 9.10. The Bertz CT molecular complexity index is 978. The number of hydrogen-bond donors (Lipinski definition) is 2. The van der Waals surface area contributed by atoms with Gasteiger partial charge in [-0.2, -0.15) is 0 Å². The molecule has 1 unspecified atom stereocenters. The van der Waals surface area contributed by atoms with E-state index in [2.05, 4.69) is 47.3 Å². The number of rotatable bonds is 3. The highest BCUT2D eigenvalue weighted by Gasteiger charge is 2.34. The van der Waals surface area contributed by atoms with E-state index in [-0.39, 0.29) is 22.4 Å². The summed E-state index contributed by atoms with van der Waals surface area (Å²) in [6.45, 7) is 6.76. The van der Waals surface area contributed by atoms with Gasteiger partial charge in [-0.25, -0.2) is 4.79 Å². The largest absolute Gasteiger partial charge is 0.465 e. The van der Waals surface area contributed by atoms with E-state index in [9.17, 15) is 9.59 Å². The Labute approximate surface area is 194 Å². The van der Waals surface area contributed by atoms with Gasteiger partial charge in [0.25, 0.3) is 5.91 Å². The van der Waals surface area contributed by atoms with Crippen LogP contribution in [-0.4, -0.2) is 24.1 Å². The number of nitrogens with one attached hydrogen (secondary N) is 2. The smallest absolute Gasteiger partial charge is 0.341 e. The van der Waals surface area contributed by atoms with Crippen LogP contribution in [0.5, 0.6) is 0 Å². The normalized spacial score (nSPS) is 15.8. The summed E-state index contributed by atoms with van der Waals surface area (Å²) in [5, 5.41) is 6.52. The van der Waals surface area contributed by atoms with Crippen molar-refractivity contribution in [2.75, 3.05) is 12.4 Å². The molecule has 0 saturated carbocycles. The first kappa shape index (κ1) is 22.9. The van der Waals surface area contributed by atoms with Crippen LogP contribution in [0.2, 0.25) is 0 Å². The lowest BCUT2D eigenvalue weighted by Crippen LogP contribution is -2.34. The van der Waals surface area contributed by atoms with Crippen LogP contribution < -0.4 is 10.6 Å². The molecule has 8 heteroatoms.